The SMILES string of the molecule is O=C(c1ccc(OCCCOc2ccccc2)cc1)N1CCC[C@H]1CN1CCCC1. The second-order valence-corrected chi connectivity index (χ2v) is 8.19. The highest BCUT2D eigenvalue weighted by atomic mass is 16.5. The summed E-state index contributed by atoms with van der Waals surface area (Å²) in [4.78, 5) is 17.6. The van der Waals surface area contributed by atoms with E-state index in [1.54, 1.807) is 0 Å². The Kier molecular flexibility index (Phi) is 7.25. The van der Waals surface area contributed by atoms with E-state index in [-0.39, 0.29) is 5.91 Å². The fourth-order valence-corrected chi connectivity index (χ4v) is 4.37. The summed E-state index contributed by atoms with van der Waals surface area (Å²) in [7, 11) is 0. The number of para-hydroxylation sites is 1. The minimum absolute atomic E-state index is 0.152. The zero-order chi connectivity index (χ0) is 20.6. The van der Waals surface area contributed by atoms with Gasteiger partial charge in [-0.15, -0.1) is 0 Å². The number of nitrogens with zero attached hydrogens (tertiary/aromatic N) is 2. The summed E-state index contributed by atoms with van der Waals surface area (Å²) < 4.78 is 11.5. The molecule has 2 fully saturated rings. The third kappa shape index (κ3) is 5.54. The first-order valence-electron chi connectivity index (χ1n) is 11.2. The highest BCUT2D eigenvalue weighted by molar-refractivity contribution is 5.94. The monoisotopic (exact) mass is 408 g/mol. The molecular weight excluding hydrogens is 376 g/mol. The number of carbonyl (C=O) groups is 1. The molecule has 1 atom stereocenters. The van der Waals surface area contributed by atoms with E-state index in [1.807, 2.05) is 54.6 Å². The van der Waals surface area contributed by atoms with E-state index in [9.17, 15) is 4.79 Å². The second kappa shape index (κ2) is 10.5. The Balaban J connectivity index is 1.22. The maximum absolute atomic E-state index is 13.0. The van der Waals surface area contributed by atoms with Crippen LogP contribution < -0.4 is 9.47 Å². The average molecular weight is 409 g/mol. The van der Waals surface area contributed by atoms with Gasteiger partial charge in [0, 0.05) is 31.1 Å². The van der Waals surface area contributed by atoms with E-state index in [0.717, 1.165) is 49.4 Å². The first kappa shape index (κ1) is 20.7. The fraction of sp³-hybridized carbons (Fsp3) is 0.480. The van der Waals surface area contributed by atoms with Crippen molar-refractivity contribution in [2.45, 2.75) is 38.1 Å². The molecule has 2 heterocycles. The molecule has 30 heavy (non-hydrogen) atoms. The van der Waals surface area contributed by atoms with Gasteiger partial charge in [-0.25, -0.2) is 0 Å². The van der Waals surface area contributed by atoms with Gasteiger partial charge in [-0.3, -0.25) is 4.79 Å². The highest BCUT2D eigenvalue weighted by Gasteiger charge is 2.31. The standard InChI is InChI=1S/C25H32N2O3/c28-25(27-17-6-8-22(27)20-26-15-4-5-16-26)21-11-13-24(14-12-21)30-19-7-18-29-23-9-2-1-3-10-23/h1-3,9-14,22H,4-8,15-20H2/t22-/m0/s1. The molecule has 4 rings (SSSR count). The maximum Gasteiger partial charge on any atom is 0.254 e. The lowest BCUT2D eigenvalue weighted by Crippen LogP contribution is -2.42. The molecule has 5 nitrogen and oxygen atoms in total. The Morgan fingerprint density at radius 2 is 1.50 bits per heavy atom. The first-order chi connectivity index (χ1) is 14.8. The number of likely N-dealkylation sites (tertiary alicyclic amines) is 2. The van der Waals surface area contributed by atoms with Crippen molar-refractivity contribution < 1.29 is 14.3 Å². The average Bonchev–Trinajstić information content (AvgIpc) is 3.47. The number of hydrogen-bond donors (Lipinski definition) is 0. The number of ether oxygens (including phenoxy) is 2. The molecule has 0 aromatic heterocycles. The van der Waals surface area contributed by atoms with E-state index in [1.165, 1.54) is 25.9 Å². The highest BCUT2D eigenvalue weighted by Crippen LogP contribution is 2.23. The summed E-state index contributed by atoms with van der Waals surface area (Å²) in [6.45, 7) is 5.47. The van der Waals surface area contributed by atoms with Gasteiger partial charge in [0.2, 0.25) is 0 Å². The van der Waals surface area contributed by atoms with Gasteiger partial charge < -0.3 is 19.3 Å². The third-order valence-electron chi connectivity index (χ3n) is 5.98. The van der Waals surface area contributed by atoms with E-state index in [2.05, 4.69) is 9.80 Å². The van der Waals surface area contributed by atoms with Crippen LogP contribution >= 0.6 is 0 Å². The molecule has 0 radical (unpaired) electrons. The summed E-state index contributed by atoms with van der Waals surface area (Å²) >= 11 is 0. The van der Waals surface area contributed by atoms with Crippen molar-refractivity contribution in [3.63, 3.8) is 0 Å². The van der Waals surface area contributed by atoms with Crippen molar-refractivity contribution in [3.05, 3.63) is 60.2 Å². The van der Waals surface area contributed by atoms with Crippen LogP contribution in [0.15, 0.2) is 54.6 Å². The number of amides is 1. The second-order valence-electron chi connectivity index (χ2n) is 8.19. The van der Waals surface area contributed by atoms with Crippen LogP contribution in [0.3, 0.4) is 0 Å². The van der Waals surface area contributed by atoms with E-state index < -0.39 is 0 Å². The van der Waals surface area contributed by atoms with Gasteiger partial charge in [0.1, 0.15) is 11.5 Å². The number of carbonyl (C=O) groups excluding carboxylic acids is 1. The molecule has 0 spiro atoms. The van der Waals surface area contributed by atoms with E-state index >= 15 is 0 Å². The van der Waals surface area contributed by atoms with Crippen molar-refractivity contribution in [1.29, 1.82) is 0 Å². The number of benzene rings is 2. The van der Waals surface area contributed by atoms with Crippen molar-refractivity contribution >= 4 is 5.91 Å². The Labute approximate surface area is 179 Å². The number of rotatable bonds is 9. The van der Waals surface area contributed by atoms with E-state index in [0.29, 0.717) is 19.3 Å². The molecule has 160 valence electrons. The molecule has 0 unspecified atom stereocenters. The molecule has 0 saturated carbocycles. The van der Waals surface area contributed by atoms with Crippen LogP contribution in [0.1, 0.15) is 42.5 Å². The van der Waals surface area contributed by atoms with Crippen molar-refractivity contribution in [2.75, 3.05) is 39.4 Å². The smallest absolute Gasteiger partial charge is 0.254 e. The van der Waals surface area contributed by atoms with Gasteiger partial charge in [0.25, 0.3) is 5.91 Å². The molecule has 0 N–H and O–H groups in total. The van der Waals surface area contributed by atoms with Gasteiger partial charge >= 0.3 is 0 Å². The summed E-state index contributed by atoms with van der Waals surface area (Å²) in [5, 5.41) is 0. The molecule has 2 aliphatic rings. The van der Waals surface area contributed by atoms with Crippen LogP contribution in [-0.4, -0.2) is 61.1 Å². The minimum atomic E-state index is 0.152. The van der Waals surface area contributed by atoms with Crippen LogP contribution in [0, 0.1) is 0 Å². The zero-order valence-corrected chi connectivity index (χ0v) is 17.7. The molecule has 0 aliphatic carbocycles. The van der Waals surface area contributed by atoms with E-state index in [4.69, 9.17) is 9.47 Å². The van der Waals surface area contributed by atoms with Crippen molar-refractivity contribution in [1.82, 2.24) is 9.80 Å². The predicted octanol–water partition coefficient (Wildman–Crippen LogP) is 4.23. The molecule has 2 aromatic rings. The summed E-state index contributed by atoms with van der Waals surface area (Å²) in [6, 6.07) is 17.7. The molecule has 2 aliphatic heterocycles. The van der Waals surface area contributed by atoms with Gasteiger partial charge in [-0.05, 0) is 75.2 Å². The molecule has 0 bridgehead atoms. The topological polar surface area (TPSA) is 42.0 Å². The van der Waals surface area contributed by atoms with Crippen molar-refractivity contribution in [2.24, 2.45) is 0 Å². The Morgan fingerprint density at radius 3 is 2.20 bits per heavy atom. The van der Waals surface area contributed by atoms with Crippen LogP contribution in [0.25, 0.3) is 0 Å². The maximum atomic E-state index is 13.0. The molecule has 2 aromatic carbocycles. The predicted molar refractivity (Wildman–Crippen MR) is 118 cm³/mol. The molecule has 5 heteroatoms. The quantitative estimate of drug-likeness (QED) is 0.582. The van der Waals surface area contributed by atoms with Crippen molar-refractivity contribution in [3.8, 4) is 11.5 Å². The normalized spacial score (nSPS) is 19.2. The van der Waals surface area contributed by atoms with Crippen LogP contribution in [0.5, 0.6) is 11.5 Å². The lowest BCUT2D eigenvalue weighted by molar-refractivity contribution is 0.0708. The lowest BCUT2D eigenvalue weighted by atomic mass is 10.1. The largest absolute Gasteiger partial charge is 0.493 e. The summed E-state index contributed by atoms with van der Waals surface area (Å²) in [6.07, 6.45) is 5.62. The van der Waals surface area contributed by atoms with Gasteiger partial charge in [-0.1, -0.05) is 18.2 Å². The lowest BCUT2D eigenvalue weighted by Gasteiger charge is -2.28. The Bertz CT molecular complexity index is 788. The Morgan fingerprint density at radius 1 is 0.833 bits per heavy atom. The third-order valence-corrected chi connectivity index (χ3v) is 5.98. The van der Waals surface area contributed by atoms with Gasteiger partial charge in [0.05, 0.1) is 13.2 Å². The van der Waals surface area contributed by atoms with Gasteiger partial charge in [0.15, 0.2) is 0 Å². The summed E-state index contributed by atoms with van der Waals surface area (Å²) in [5.74, 6) is 1.83. The zero-order valence-electron chi connectivity index (χ0n) is 17.7. The molecule has 2 saturated heterocycles. The van der Waals surface area contributed by atoms with Crippen LogP contribution in [0.4, 0.5) is 0 Å². The fourth-order valence-electron chi connectivity index (χ4n) is 4.37. The van der Waals surface area contributed by atoms with Gasteiger partial charge in [-0.2, -0.15) is 0 Å². The van der Waals surface area contributed by atoms with Crippen LogP contribution in [-0.2, 0) is 0 Å². The minimum Gasteiger partial charge on any atom is -0.493 e. The number of hydrogen-bond acceptors (Lipinski definition) is 4. The first-order valence-corrected chi connectivity index (χ1v) is 11.2. The Hall–Kier alpha value is -2.53. The molecule has 1 amide bonds. The van der Waals surface area contributed by atoms with Crippen LogP contribution in [0.2, 0.25) is 0 Å². The molecular formula is C25H32N2O3. The summed E-state index contributed by atoms with van der Waals surface area (Å²) in [5.41, 5.74) is 0.753.